The molecule has 0 saturated heterocycles. The van der Waals surface area contributed by atoms with E-state index in [1.165, 1.54) is 19.1 Å². The van der Waals surface area contributed by atoms with Gasteiger partial charge >= 0.3 is 5.97 Å². The lowest BCUT2D eigenvalue weighted by Crippen LogP contribution is -2.18. The number of rotatable bonds is 4. The van der Waals surface area contributed by atoms with Gasteiger partial charge in [0.1, 0.15) is 12.5 Å². The summed E-state index contributed by atoms with van der Waals surface area (Å²) in [5, 5.41) is 8.99. The largest absolute Gasteiger partial charge is 0.408 e. The number of carbonyl (C=O) groups excluding carboxylic acids is 1. The van der Waals surface area contributed by atoms with Crippen molar-refractivity contribution >= 4 is 21.9 Å². The Hall–Kier alpha value is -2.71. The third-order valence-corrected chi connectivity index (χ3v) is 5.29. The average molecular weight is 388 g/mol. The maximum Gasteiger partial charge on any atom is 0.309 e. The van der Waals surface area contributed by atoms with Gasteiger partial charge in [-0.05, 0) is 46.9 Å². The maximum absolute atomic E-state index is 11.4. The molecule has 0 aromatic heterocycles. The number of oxime groups is 1. The van der Waals surface area contributed by atoms with Crippen molar-refractivity contribution in [1.82, 2.24) is 0 Å². The van der Waals surface area contributed by atoms with Gasteiger partial charge < -0.3 is 9.57 Å². The van der Waals surface area contributed by atoms with Crippen molar-refractivity contribution in [2.24, 2.45) is 10.3 Å². The van der Waals surface area contributed by atoms with E-state index < -0.39 is 16.0 Å². The number of nitrogens with two attached hydrogens (primary N) is 1. The van der Waals surface area contributed by atoms with Crippen molar-refractivity contribution in [1.29, 1.82) is 0 Å². The molecule has 0 spiro atoms. The Morgan fingerprint density at radius 3 is 2.48 bits per heavy atom. The molecule has 0 saturated carbocycles. The van der Waals surface area contributed by atoms with Gasteiger partial charge in [0.15, 0.2) is 0 Å². The molecule has 1 atom stereocenters. The number of hydrogen-bond donors (Lipinski definition) is 1. The van der Waals surface area contributed by atoms with Crippen LogP contribution in [-0.2, 0) is 30.8 Å². The highest BCUT2D eigenvalue weighted by Crippen LogP contribution is 2.32. The van der Waals surface area contributed by atoms with E-state index >= 15 is 0 Å². The van der Waals surface area contributed by atoms with Crippen LogP contribution in [0.25, 0.3) is 11.1 Å². The van der Waals surface area contributed by atoms with Gasteiger partial charge in [0.05, 0.1) is 4.90 Å². The number of ether oxygens (including phenoxy) is 1. The number of carbonyl (C=O) groups is 1. The fourth-order valence-corrected chi connectivity index (χ4v) is 3.54. The molecule has 7 nitrogen and oxygen atoms in total. The summed E-state index contributed by atoms with van der Waals surface area (Å²) in [5.74, 6) is -0.469. The van der Waals surface area contributed by atoms with Gasteiger partial charge in [-0.1, -0.05) is 36.3 Å². The van der Waals surface area contributed by atoms with E-state index in [1.807, 2.05) is 25.1 Å². The predicted octanol–water partition coefficient (Wildman–Crippen LogP) is 2.55. The molecule has 0 amide bonds. The van der Waals surface area contributed by atoms with E-state index in [2.05, 4.69) is 5.16 Å². The Bertz CT molecular complexity index is 997. The van der Waals surface area contributed by atoms with Gasteiger partial charge in [-0.25, -0.2) is 13.6 Å². The summed E-state index contributed by atoms with van der Waals surface area (Å²) in [6.45, 7) is 3.66. The van der Waals surface area contributed by atoms with Gasteiger partial charge in [-0.3, -0.25) is 4.79 Å². The Morgan fingerprint density at radius 2 is 1.89 bits per heavy atom. The van der Waals surface area contributed by atoms with Gasteiger partial charge in [0.2, 0.25) is 15.9 Å². The molecule has 3 rings (SSSR count). The Kier molecular flexibility index (Phi) is 5.29. The van der Waals surface area contributed by atoms with Crippen LogP contribution in [0.4, 0.5) is 0 Å². The summed E-state index contributed by atoms with van der Waals surface area (Å²) in [4.78, 5) is 16.5. The lowest BCUT2D eigenvalue weighted by molar-refractivity contribution is -0.133. The van der Waals surface area contributed by atoms with Crippen LogP contribution < -0.4 is 5.14 Å². The number of esters is 1. The van der Waals surface area contributed by atoms with Crippen LogP contribution in [0.15, 0.2) is 52.5 Å². The number of benzene rings is 2. The van der Waals surface area contributed by atoms with E-state index in [0.29, 0.717) is 6.61 Å². The summed E-state index contributed by atoms with van der Waals surface area (Å²) >= 11 is 0. The molecule has 2 aromatic carbocycles. The molecule has 2 N–H and O–H groups in total. The molecule has 0 aliphatic carbocycles. The number of hydrogen-bond acceptors (Lipinski definition) is 6. The van der Waals surface area contributed by atoms with Gasteiger partial charge in [-0.2, -0.15) is 0 Å². The van der Waals surface area contributed by atoms with Crippen LogP contribution in [0.3, 0.4) is 0 Å². The summed E-state index contributed by atoms with van der Waals surface area (Å²) in [6.07, 6.45) is 0.795. The normalized spacial score (nSPS) is 16.6. The standard InChI is InChI=1S/C19H20N2O5S/c1-3-13-4-5-15(14-6-8-16(9-7-14)27(20,23)24)10-17(13)18-11-25-21-19(18)26-12(2)22/h4-10,18H,3,11H2,1-2H3,(H2,20,23,24). The summed E-state index contributed by atoms with van der Waals surface area (Å²) < 4.78 is 28.0. The summed E-state index contributed by atoms with van der Waals surface area (Å²) in [5.41, 5.74) is 3.80. The highest BCUT2D eigenvalue weighted by Gasteiger charge is 2.30. The van der Waals surface area contributed by atoms with E-state index in [4.69, 9.17) is 14.7 Å². The van der Waals surface area contributed by atoms with E-state index in [1.54, 1.807) is 12.1 Å². The van der Waals surface area contributed by atoms with Crippen molar-refractivity contribution in [3.8, 4) is 11.1 Å². The quantitative estimate of drug-likeness (QED) is 0.810. The van der Waals surface area contributed by atoms with Crippen LogP contribution in [0.2, 0.25) is 0 Å². The monoisotopic (exact) mass is 388 g/mol. The molecule has 2 aromatic rings. The van der Waals surface area contributed by atoms with Crippen molar-refractivity contribution in [2.75, 3.05) is 6.61 Å². The second kappa shape index (κ2) is 7.50. The Morgan fingerprint density at radius 1 is 1.22 bits per heavy atom. The third-order valence-electron chi connectivity index (χ3n) is 4.36. The van der Waals surface area contributed by atoms with Crippen LogP contribution >= 0.6 is 0 Å². The molecule has 1 aliphatic rings. The topological polar surface area (TPSA) is 108 Å². The molecule has 0 radical (unpaired) electrons. The smallest absolute Gasteiger partial charge is 0.309 e. The van der Waals surface area contributed by atoms with Crippen LogP contribution in [0.1, 0.15) is 30.9 Å². The first kappa shape index (κ1) is 19.1. The first-order valence-corrected chi connectivity index (χ1v) is 9.98. The molecule has 0 fully saturated rings. The minimum Gasteiger partial charge on any atom is -0.408 e. The first-order valence-electron chi connectivity index (χ1n) is 8.44. The second-order valence-corrected chi connectivity index (χ2v) is 7.77. The maximum atomic E-state index is 11.4. The minimum atomic E-state index is -3.73. The van der Waals surface area contributed by atoms with Gasteiger partial charge in [-0.15, -0.1) is 0 Å². The van der Waals surface area contributed by atoms with E-state index in [9.17, 15) is 13.2 Å². The van der Waals surface area contributed by atoms with Crippen LogP contribution in [0, 0.1) is 0 Å². The zero-order valence-corrected chi connectivity index (χ0v) is 15.8. The molecule has 1 heterocycles. The first-order chi connectivity index (χ1) is 12.8. The second-order valence-electron chi connectivity index (χ2n) is 6.21. The van der Waals surface area contributed by atoms with Gasteiger partial charge in [0, 0.05) is 6.92 Å². The zero-order valence-electron chi connectivity index (χ0n) is 15.0. The molecular formula is C19H20N2O5S. The number of sulfonamides is 1. The van der Waals surface area contributed by atoms with E-state index in [0.717, 1.165) is 28.7 Å². The SMILES string of the molecule is CCc1ccc(-c2ccc(S(N)(=O)=O)cc2)cc1C1CON=C1OC(C)=O. The number of nitrogens with zero attached hydrogens (tertiary/aromatic N) is 1. The zero-order chi connectivity index (χ0) is 19.6. The van der Waals surface area contributed by atoms with Crippen LogP contribution in [0.5, 0.6) is 0 Å². The van der Waals surface area contributed by atoms with Crippen LogP contribution in [-0.4, -0.2) is 26.9 Å². The fraction of sp³-hybridized carbons (Fsp3) is 0.263. The number of primary sulfonamides is 1. The third kappa shape index (κ3) is 4.17. The minimum absolute atomic E-state index is 0.0603. The molecular weight excluding hydrogens is 368 g/mol. The van der Waals surface area contributed by atoms with Crippen molar-refractivity contribution in [3.05, 3.63) is 53.6 Å². The van der Waals surface area contributed by atoms with Crippen molar-refractivity contribution in [2.45, 2.75) is 31.1 Å². The molecule has 0 bridgehead atoms. The Labute approximate surface area is 157 Å². The van der Waals surface area contributed by atoms with E-state index in [-0.39, 0.29) is 16.7 Å². The highest BCUT2D eigenvalue weighted by atomic mass is 32.2. The summed E-state index contributed by atoms with van der Waals surface area (Å²) in [7, 11) is -3.73. The predicted molar refractivity (Wildman–Crippen MR) is 101 cm³/mol. The highest BCUT2D eigenvalue weighted by molar-refractivity contribution is 7.89. The Balaban J connectivity index is 1.99. The summed E-state index contributed by atoms with van der Waals surface area (Å²) in [6, 6.07) is 12.3. The van der Waals surface area contributed by atoms with Crippen molar-refractivity contribution in [3.63, 3.8) is 0 Å². The molecule has 8 heteroatoms. The molecule has 1 unspecified atom stereocenters. The van der Waals surface area contributed by atoms with Crippen molar-refractivity contribution < 1.29 is 22.8 Å². The molecule has 142 valence electrons. The lowest BCUT2D eigenvalue weighted by Gasteiger charge is -2.16. The lowest BCUT2D eigenvalue weighted by atomic mass is 9.90. The average Bonchev–Trinajstić information content (AvgIpc) is 3.07. The number of aryl methyl sites for hydroxylation is 1. The fourth-order valence-electron chi connectivity index (χ4n) is 3.03. The van der Waals surface area contributed by atoms with Gasteiger partial charge in [0.25, 0.3) is 0 Å². The molecule has 27 heavy (non-hydrogen) atoms. The molecule has 1 aliphatic heterocycles.